The molecule has 0 heterocycles. The lowest BCUT2D eigenvalue weighted by molar-refractivity contribution is -0.384. The molecular weight excluding hydrogens is 468 g/mol. The molecule has 0 aromatic heterocycles. The number of nitro groups is 1. The zero-order chi connectivity index (χ0) is 26.0. The molecule has 1 aliphatic carbocycles. The van der Waals surface area contributed by atoms with Gasteiger partial charge >= 0.3 is 0 Å². The van der Waals surface area contributed by atoms with Gasteiger partial charge in [-0.05, 0) is 43.9 Å². The number of carbonyl (C=O) groups excluding carboxylic acids is 2. The predicted molar refractivity (Wildman–Crippen MR) is 131 cm³/mol. The van der Waals surface area contributed by atoms with Crippen molar-refractivity contribution in [1.82, 2.24) is 4.31 Å². The minimum absolute atomic E-state index is 0.0104. The normalized spacial score (nSPS) is 19.3. The van der Waals surface area contributed by atoms with Crippen LogP contribution in [-0.2, 0) is 19.6 Å². The summed E-state index contributed by atoms with van der Waals surface area (Å²) in [6.07, 6.45) is 0.599. The monoisotopic (exact) mass is 496 g/mol. The summed E-state index contributed by atoms with van der Waals surface area (Å²) >= 11 is 0. The van der Waals surface area contributed by atoms with Crippen molar-refractivity contribution in [2.75, 3.05) is 13.1 Å². The Morgan fingerprint density at radius 2 is 1.80 bits per heavy atom. The number of hydrogen-bond acceptors (Lipinski definition) is 6. The van der Waals surface area contributed by atoms with E-state index < -0.39 is 32.7 Å². The molecule has 184 valence electrons. The van der Waals surface area contributed by atoms with Gasteiger partial charge in [0.05, 0.1) is 28.3 Å². The van der Waals surface area contributed by atoms with Crippen LogP contribution in [-0.4, -0.2) is 42.3 Å². The van der Waals surface area contributed by atoms with Crippen LogP contribution in [0.3, 0.4) is 0 Å². The lowest BCUT2D eigenvalue weighted by Gasteiger charge is -2.27. The van der Waals surface area contributed by atoms with Gasteiger partial charge in [-0.1, -0.05) is 49.5 Å². The minimum Gasteiger partial charge on any atom is -0.299 e. The lowest BCUT2D eigenvalue weighted by Crippen LogP contribution is -2.43. The quantitative estimate of drug-likeness (QED) is 0.248. The van der Waals surface area contributed by atoms with Gasteiger partial charge in [0.15, 0.2) is 5.78 Å². The van der Waals surface area contributed by atoms with Crippen molar-refractivity contribution in [3.63, 3.8) is 0 Å². The molecule has 0 bridgehead atoms. The highest BCUT2D eigenvalue weighted by Gasteiger charge is 2.52. The van der Waals surface area contributed by atoms with Gasteiger partial charge in [0, 0.05) is 24.1 Å². The van der Waals surface area contributed by atoms with Gasteiger partial charge in [0.2, 0.25) is 10.0 Å². The number of sulfonamides is 1. The Bertz CT molecular complexity index is 1340. The molecule has 1 aliphatic rings. The number of non-ortho nitro benzene ring substituents is 1. The van der Waals surface area contributed by atoms with Crippen molar-refractivity contribution in [2.45, 2.75) is 45.4 Å². The Morgan fingerprint density at radius 1 is 1.14 bits per heavy atom. The maximum absolute atomic E-state index is 13.4. The first-order chi connectivity index (χ1) is 16.2. The topological polar surface area (TPSA) is 115 Å². The summed E-state index contributed by atoms with van der Waals surface area (Å²) in [7, 11) is -4.10. The average molecular weight is 497 g/mol. The predicted octanol–water partition coefficient (Wildman–Crippen LogP) is 3.91. The van der Waals surface area contributed by atoms with Crippen molar-refractivity contribution < 1.29 is 22.9 Å². The second-order valence-corrected chi connectivity index (χ2v) is 11.8. The van der Waals surface area contributed by atoms with Crippen LogP contribution in [0.25, 0.3) is 0 Å². The van der Waals surface area contributed by atoms with Crippen molar-refractivity contribution in [1.29, 1.82) is 0 Å². The molecule has 0 aliphatic heterocycles. The summed E-state index contributed by atoms with van der Waals surface area (Å²) in [4.78, 5) is 36.5. The number of Topliss-reactive ketones (excluding diaryl/α,β-unsaturated/α-hetero) is 2. The van der Waals surface area contributed by atoms with E-state index in [1.54, 1.807) is 25.1 Å². The number of benzene rings is 2. The number of rotatable bonds is 7. The molecule has 2 aromatic carbocycles. The highest BCUT2D eigenvalue weighted by molar-refractivity contribution is 7.89. The summed E-state index contributed by atoms with van der Waals surface area (Å²) in [5.41, 5.74) is -0.519. The molecule has 0 amide bonds. The number of ketones is 2. The Morgan fingerprint density at radius 3 is 2.37 bits per heavy atom. The molecule has 1 saturated carbocycles. The smallest absolute Gasteiger partial charge is 0.270 e. The molecule has 2 aromatic rings. The van der Waals surface area contributed by atoms with E-state index in [-0.39, 0.29) is 34.7 Å². The van der Waals surface area contributed by atoms with Gasteiger partial charge in [0.25, 0.3) is 5.69 Å². The number of aryl methyl sites for hydroxylation is 1. The highest BCUT2D eigenvalue weighted by Crippen LogP contribution is 2.47. The number of carbonyl (C=O) groups is 2. The van der Waals surface area contributed by atoms with Crippen LogP contribution >= 0.6 is 0 Å². The van der Waals surface area contributed by atoms with E-state index in [1.165, 1.54) is 30.3 Å². The first-order valence-corrected chi connectivity index (χ1v) is 12.6. The van der Waals surface area contributed by atoms with E-state index in [0.717, 1.165) is 9.87 Å². The molecule has 1 fully saturated rings. The Balaban J connectivity index is 1.93. The van der Waals surface area contributed by atoms with Crippen LogP contribution in [0.4, 0.5) is 5.69 Å². The Labute approximate surface area is 205 Å². The second-order valence-electron chi connectivity index (χ2n) is 9.89. The molecule has 8 nitrogen and oxygen atoms in total. The maximum atomic E-state index is 13.4. The first-order valence-electron chi connectivity index (χ1n) is 11.1. The van der Waals surface area contributed by atoms with Crippen molar-refractivity contribution >= 4 is 27.3 Å². The minimum atomic E-state index is -4.10. The second kappa shape index (κ2) is 9.72. The number of nitro benzene ring substituents is 1. The lowest BCUT2D eigenvalue weighted by atomic mass is 9.79. The third-order valence-corrected chi connectivity index (χ3v) is 8.03. The van der Waals surface area contributed by atoms with Crippen LogP contribution < -0.4 is 0 Å². The van der Waals surface area contributed by atoms with Crippen LogP contribution in [0.1, 0.15) is 44.7 Å². The van der Waals surface area contributed by atoms with E-state index in [9.17, 15) is 28.1 Å². The third kappa shape index (κ3) is 5.84. The fourth-order valence-corrected chi connectivity index (χ4v) is 5.65. The van der Waals surface area contributed by atoms with Gasteiger partial charge in [-0.25, -0.2) is 8.42 Å². The molecule has 0 N–H and O–H groups in total. The number of hydrogen-bond donors (Lipinski definition) is 0. The average Bonchev–Trinajstić information content (AvgIpc) is 3.00. The summed E-state index contributed by atoms with van der Waals surface area (Å²) in [6.45, 7) is 6.41. The van der Waals surface area contributed by atoms with Gasteiger partial charge < -0.3 is 0 Å². The summed E-state index contributed by atoms with van der Waals surface area (Å²) < 4.78 is 27.8. The summed E-state index contributed by atoms with van der Waals surface area (Å²) in [5, 5.41) is 11.0. The molecule has 35 heavy (non-hydrogen) atoms. The van der Waals surface area contributed by atoms with Gasteiger partial charge in [-0.2, -0.15) is 4.31 Å². The summed E-state index contributed by atoms with van der Waals surface area (Å²) in [6, 6.07) is 11.9. The number of nitrogens with zero attached hydrogens (tertiary/aromatic N) is 2. The van der Waals surface area contributed by atoms with E-state index in [0.29, 0.717) is 12.0 Å². The fraction of sp³-hybridized carbons (Fsp3) is 0.385. The molecule has 3 rings (SSSR count). The molecular formula is C26H28N2O6S. The fourth-order valence-electron chi connectivity index (χ4n) is 4.35. The summed E-state index contributed by atoms with van der Waals surface area (Å²) in [5.74, 6) is 4.80. The molecule has 1 atom stereocenters. The molecule has 1 unspecified atom stereocenters. The maximum Gasteiger partial charge on any atom is 0.270 e. The highest BCUT2D eigenvalue weighted by atomic mass is 32.2. The van der Waals surface area contributed by atoms with Crippen LogP contribution in [0.5, 0.6) is 0 Å². The van der Waals surface area contributed by atoms with Gasteiger partial charge in [-0.15, -0.1) is 0 Å². The standard InChI is InChI=1S/C26H28N2O6S/c1-19-10-12-22(13-11-19)35(33,34)27(14-6-8-20-7-5-9-21(15-20)28(31)32)17-24(30)26(4)18-25(2,3)16-23(26)29/h5,7,9-13,15H,14,16-18H2,1-4H3. The molecule has 9 heteroatoms. The third-order valence-electron chi connectivity index (χ3n) is 6.23. The van der Waals surface area contributed by atoms with Gasteiger partial charge in [0.1, 0.15) is 5.78 Å². The zero-order valence-corrected chi connectivity index (χ0v) is 21.0. The van der Waals surface area contributed by atoms with Gasteiger partial charge in [-0.3, -0.25) is 19.7 Å². The van der Waals surface area contributed by atoms with E-state index >= 15 is 0 Å². The Hall–Kier alpha value is -3.35. The van der Waals surface area contributed by atoms with E-state index in [1.807, 2.05) is 20.8 Å². The first kappa shape index (κ1) is 26.3. The molecule has 0 radical (unpaired) electrons. The molecule has 0 spiro atoms. The SMILES string of the molecule is Cc1ccc(S(=O)(=O)N(CC#Cc2cccc([N+](=O)[O-])c2)CC(=O)C2(C)CC(C)(C)CC2=O)cc1. The van der Waals surface area contributed by atoms with Crippen molar-refractivity contribution in [2.24, 2.45) is 10.8 Å². The molecule has 0 saturated heterocycles. The van der Waals surface area contributed by atoms with Crippen LogP contribution in [0.15, 0.2) is 53.4 Å². The van der Waals surface area contributed by atoms with E-state index in [4.69, 9.17) is 0 Å². The zero-order valence-electron chi connectivity index (χ0n) is 20.2. The van der Waals surface area contributed by atoms with Crippen LogP contribution in [0, 0.1) is 39.7 Å². The van der Waals surface area contributed by atoms with Crippen LogP contribution in [0.2, 0.25) is 0 Å². The Kier molecular flexibility index (Phi) is 7.29. The van der Waals surface area contributed by atoms with Crippen molar-refractivity contribution in [3.05, 3.63) is 69.8 Å². The van der Waals surface area contributed by atoms with E-state index in [2.05, 4.69) is 11.8 Å². The van der Waals surface area contributed by atoms with Crippen molar-refractivity contribution in [3.8, 4) is 11.8 Å². The largest absolute Gasteiger partial charge is 0.299 e.